The first kappa shape index (κ1) is 36.1. The third kappa shape index (κ3) is 15.7. The zero-order valence-electron chi connectivity index (χ0n) is 25.0. The molecule has 0 unspecified atom stereocenters. The van der Waals surface area contributed by atoms with Gasteiger partial charge in [-0.2, -0.15) is 0 Å². The number of unbranched alkanes of at least 4 members (excludes halogenated alkanes) is 6. The van der Waals surface area contributed by atoms with Gasteiger partial charge in [0.15, 0.2) is 0 Å². The third-order valence-corrected chi connectivity index (χ3v) is 6.43. The van der Waals surface area contributed by atoms with Crippen LogP contribution in [0.4, 0.5) is 0 Å². The highest BCUT2D eigenvalue weighted by Gasteiger charge is 2.16. The van der Waals surface area contributed by atoms with Crippen molar-refractivity contribution < 1.29 is 43.0 Å². The van der Waals surface area contributed by atoms with E-state index >= 15 is 0 Å². The van der Waals surface area contributed by atoms with Crippen LogP contribution >= 0.6 is 0 Å². The Morgan fingerprint density at radius 1 is 0.452 bits per heavy atom. The van der Waals surface area contributed by atoms with Crippen LogP contribution < -0.4 is 16.0 Å². The van der Waals surface area contributed by atoms with Crippen LogP contribution in [-0.4, -0.2) is 76.6 Å². The summed E-state index contributed by atoms with van der Waals surface area (Å²) in [5.41, 5.74) is 0.538. The number of esters is 3. The Labute approximate surface area is 247 Å². The Bertz CT molecular complexity index is 902. The van der Waals surface area contributed by atoms with E-state index in [1.165, 1.54) is 39.5 Å². The highest BCUT2D eigenvalue weighted by atomic mass is 16.5. The van der Waals surface area contributed by atoms with Crippen LogP contribution in [0.25, 0.3) is 0 Å². The predicted molar refractivity (Wildman–Crippen MR) is 155 cm³/mol. The summed E-state index contributed by atoms with van der Waals surface area (Å²) in [6, 6.07) is 4.34. The van der Waals surface area contributed by atoms with Gasteiger partial charge < -0.3 is 30.2 Å². The first-order valence-corrected chi connectivity index (χ1v) is 14.4. The SMILES string of the molecule is COC(=O)CCCCCNC(=O)c1cc(C(=O)NCCCCCC(=O)OC)cc(C(=O)NCCCCCC(=O)OC)c1. The summed E-state index contributed by atoms with van der Waals surface area (Å²) in [4.78, 5) is 72.3. The number of rotatable bonds is 21. The van der Waals surface area contributed by atoms with Crippen molar-refractivity contribution in [2.45, 2.75) is 77.0 Å². The molecule has 3 N–H and O–H groups in total. The van der Waals surface area contributed by atoms with Crippen molar-refractivity contribution in [3.8, 4) is 0 Å². The van der Waals surface area contributed by atoms with E-state index < -0.39 is 17.7 Å². The Kier molecular flexibility index (Phi) is 18.7. The maximum absolute atomic E-state index is 12.9. The Morgan fingerprint density at radius 3 is 0.952 bits per heavy atom. The molecule has 0 radical (unpaired) electrons. The van der Waals surface area contributed by atoms with Gasteiger partial charge in [-0.1, -0.05) is 19.3 Å². The van der Waals surface area contributed by atoms with Crippen molar-refractivity contribution in [2.24, 2.45) is 0 Å². The van der Waals surface area contributed by atoms with Crippen molar-refractivity contribution in [1.82, 2.24) is 16.0 Å². The van der Waals surface area contributed by atoms with Crippen LogP contribution in [0.3, 0.4) is 0 Å². The van der Waals surface area contributed by atoms with Crippen molar-refractivity contribution in [3.05, 3.63) is 34.9 Å². The van der Waals surface area contributed by atoms with Gasteiger partial charge in [0.05, 0.1) is 21.3 Å². The van der Waals surface area contributed by atoms with E-state index in [2.05, 4.69) is 30.2 Å². The summed E-state index contributed by atoms with van der Waals surface area (Å²) in [6.07, 6.45) is 7.03. The summed E-state index contributed by atoms with van der Waals surface area (Å²) in [5.74, 6) is -2.08. The minimum absolute atomic E-state index is 0.179. The smallest absolute Gasteiger partial charge is 0.305 e. The molecule has 0 aliphatic heterocycles. The van der Waals surface area contributed by atoms with Gasteiger partial charge in [0, 0.05) is 55.6 Å². The minimum Gasteiger partial charge on any atom is -0.469 e. The lowest BCUT2D eigenvalue weighted by Gasteiger charge is -2.12. The van der Waals surface area contributed by atoms with Gasteiger partial charge in [0.2, 0.25) is 0 Å². The topological polar surface area (TPSA) is 166 Å². The van der Waals surface area contributed by atoms with Gasteiger partial charge in [-0.3, -0.25) is 28.8 Å². The molecule has 234 valence electrons. The monoisotopic (exact) mass is 591 g/mol. The van der Waals surface area contributed by atoms with Crippen LogP contribution in [0.5, 0.6) is 0 Å². The molecular weight excluding hydrogens is 546 g/mol. The van der Waals surface area contributed by atoms with Gasteiger partial charge in [-0.25, -0.2) is 0 Å². The number of methoxy groups -OCH3 is 3. The van der Waals surface area contributed by atoms with Gasteiger partial charge in [0.1, 0.15) is 0 Å². The lowest BCUT2D eigenvalue weighted by atomic mass is 10.0. The van der Waals surface area contributed by atoms with E-state index in [1.807, 2.05) is 0 Å². The number of ether oxygens (including phenoxy) is 3. The van der Waals surface area contributed by atoms with Crippen molar-refractivity contribution in [2.75, 3.05) is 41.0 Å². The molecule has 0 heterocycles. The van der Waals surface area contributed by atoms with Crippen molar-refractivity contribution in [1.29, 1.82) is 0 Å². The summed E-state index contributed by atoms with van der Waals surface area (Å²) in [7, 11) is 4.02. The lowest BCUT2D eigenvalue weighted by Crippen LogP contribution is -2.29. The Morgan fingerprint density at radius 2 is 0.714 bits per heavy atom. The molecule has 12 heteroatoms. The molecule has 1 aromatic rings. The molecule has 0 bridgehead atoms. The molecule has 0 aliphatic rings. The second-order valence-electron chi connectivity index (χ2n) is 9.73. The predicted octanol–water partition coefficient (Wildman–Crippen LogP) is 3.08. The number of nitrogens with one attached hydrogen (secondary N) is 3. The highest BCUT2D eigenvalue weighted by Crippen LogP contribution is 2.13. The van der Waals surface area contributed by atoms with E-state index in [4.69, 9.17) is 0 Å². The van der Waals surface area contributed by atoms with E-state index in [0.717, 1.165) is 19.3 Å². The van der Waals surface area contributed by atoms with E-state index in [9.17, 15) is 28.8 Å². The number of hydrogen-bond donors (Lipinski definition) is 3. The van der Waals surface area contributed by atoms with Crippen LogP contribution in [0.2, 0.25) is 0 Å². The van der Waals surface area contributed by atoms with Gasteiger partial charge in [-0.05, 0) is 56.7 Å². The molecule has 12 nitrogen and oxygen atoms in total. The van der Waals surface area contributed by atoms with Gasteiger partial charge in [0.25, 0.3) is 17.7 Å². The first-order valence-electron chi connectivity index (χ1n) is 14.4. The second-order valence-corrected chi connectivity index (χ2v) is 9.73. The standard InChI is InChI=1S/C30H45N3O9/c1-40-25(34)13-7-4-10-16-31-28(37)22-19-23(29(38)32-17-11-5-8-14-26(35)41-2)21-24(20-22)30(39)33-18-12-6-9-15-27(36)42-3/h19-21H,4-18H2,1-3H3,(H,31,37)(H,32,38)(H,33,39). The number of amides is 3. The highest BCUT2D eigenvalue weighted by molar-refractivity contribution is 6.04. The maximum atomic E-state index is 12.9. The van der Waals surface area contributed by atoms with Gasteiger partial charge >= 0.3 is 17.9 Å². The molecular formula is C30H45N3O9. The fourth-order valence-electron chi connectivity index (χ4n) is 3.95. The summed E-state index contributed by atoms with van der Waals surface area (Å²) in [6.45, 7) is 1.11. The zero-order valence-corrected chi connectivity index (χ0v) is 25.0. The van der Waals surface area contributed by atoms with Crippen LogP contribution in [0, 0.1) is 0 Å². The second kappa shape index (κ2) is 21.7. The van der Waals surface area contributed by atoms with Crippen LogP contribution in [0.15, 0.2) is 18.2 Å². The van der Waals surface area contributed by atoms with Crippen molar-refractivity contribution >= 4 is 35.6 Å². The molecule has 0 aromatic heterocycles. The molecule has 0 spiro atoms. The normalized spacial score (nSPS) is 10.4. The van der Waals surface area contributed by atoms with Gasteiger partial charge in [-0.15, -0.1) is 0 Å². The molecule has 0 saturated carbocycles. The Balaban J connectivity index is 2.76. The minimum atomic E-state index is -0.419. The largest absolute Gasteiger partial charge is 0.469 e. The van der Waals surface area contributed by atoms with E-state index in [-0.39, 0.29) is 34.6 Å². The van der Waals surface area contributed by atoms with E-state index in [0.29, 0.717) is 77.4 Å². The van der Waals surface area contributed by atoms with Crippen LogP contribution in [-0.2, 0) is 28.6 Å². The number of benzene rings is 1. The molecule has 0 fully saturated rings. The maximum Gasteiger partial charge on any atom is 0.305 e. The number of carbonyl (C=O) groups is 6. The van der Waals surface area contributed by atoms with E-state index in [1.54, 1.807) is 0 Å². The first-order chi connectivity index (χ1) is 20.2. The lowest BCUT2D eigenvalue weighted by molar-refractivity contribution is -0.141. The average molecular weight is 592 g/mol. The molecule has 0 saturated heterocycles. The molecule has 1 rings (SSSR count). The molecule has 42 heavy (non-hydrogen) atoms. The molecule has 0 atom stereocenters. The fraction of sp³-hybridized carbons (Fsp3) is 0.600. The molecule has 1 aromatic carbocycles. The Hall–Kier alpha value is -3.96. The fourth-order valence-corrected chi connectivity index (χ4v) is 3.95. The van der Waals surface area contributed by atoms with Crippen LogP contribution in [0.1, 0.15) is 108 Å². The quantitative estimate of drug-likeness (QED) is 0.111. The third-order valence-electron chi connectivity index (χ3n) is 6.43. The summed E-state index contributed by atoms with van der Waals surface area (Å²) < 4.78 is 13.8. The number of hydrogen-bond acceptors (Lipinski definition) is 9. The summed E-state index contributed by atoms with van der Waals surface area (Å²) in [5, 5.41) is 8.40. The zero-order chi connectivity index (χ0) is 31.2. The average Bonchev–Trinajstić information content (AvgIpc) is 3.00. The molecule has 3 amide bonds. The summed E-state index contributed by atoms with van der Waals surface area (Å²) >= 11 is 0. The molecule has 0 aliphatic carbocycles. The van der Waals surface area contributed by atoms with Crippen molar-refractivity contribution in [3.63, 3.8) is 0 Å². The number of carbonyl (C=O) groups excluding carboxylic acids is 6.